The van der Waals surface area contributed by atoms with Crippen molar-refractivity contribution in [2.75, 3.05) is 13.1 Å². The van der Waals surface area contributed by atoms with Crippen molar-refractivity contribution in [2.45, 2.75) is 26.4 Å². The molecule has 0 bridgehead atoms. The standard InChI is InChI=1S/C19H21N5O5.CH2O2/c1-9-5-13(15-16(20-9)23(3)19(28)21-17(15)26)18(27)24-7-11(14(25)8-24)6-12-4-10(2)22-29-12;2-1-3/h4-5,11,14,25H,6-8H2,1-3H3,(H,21,26,28);1H,(H,2,3)/t11-,14-;/m1./s1. The monoisotopic (exact) mass is 445 g/mol. The van der Waals surface area contributed by atoms with Gasteiger partial charge in [0, 0.05) is 44.2 Å². The zero-order valence-electron chi connectivity index (χ0n) is 17.7. The Morgan fingerprint density at radius 2 is 1.97 bits per heavy atom. The van der Waals surface area contributed by atoms with Gasteiger partial charge in [-0.2, -0.15) is 0 Å². The van der Waals surface area contributed by atoms with Gasteiger partial charge in [0.1, 0.15) is 11.4 Å². The van der Waals surface area contributed by atoms with Gasteiger partial charge in [0.15, 0.2) is 0 Å². The van der Waals surface area contributed by atoms with Crippen LogP contribution >= 0.6 is 0 Å². The molecule has 1 saturated heterocycles. The Bertz CT molecular complexity index is 1280. The molecular formula is C20H23N5O7. The van der Waals surface area contributed by atoms with Gasteiger partial charge in [0.25, 0.3) is 17.9 Å². The number of aliphatic hydroxyl groups is 1. The molecule has 12 heteroatoms. The number of nitrogens with zero attached hydrogens (tertiary/aromatic N) is 4. The molecule has 4 heterocycles. The molecule has 0 aliphatic carbocycles. The van der Waals surface area contributed by atoms with Gasteiger partial charge in [-0.15, -0.1) is 0 Å². The Labute approximate surface area is 181 Å². The number of aromatic amines is 1. The van der Waals surface area contributed by atoms with Crippen LogP contribution in [0.25, 0.3) is 11.0 Å². The number of carboxylic acid groups (broad SMARTS) is 1. The third kappa shape index (κ3) is 4.44. The number of aliphatic hydroxyl groups excluding tert-OH is 1. The number of rotatable bonds is 3. The molecule has 1 aliphatic rings. The number of likely N-dealkylation sites (tertiary alicyclic amines) is 1. The molecule has 3 aromatic heterocycles. The van der Waals surface area contributed by atoms with E-state index in [1.165, 1.54) is 22.6 Å². The maximum absolute atomic E-state index is 13.2. The lowest BCUT2D eigenvalue weighted by Crippen LogP contribution is -2.34. The number of hydrogen-bond donors (Lipinski definition) is 3. The van der Waals surface area contributed by atoms with Gasteiger partial charge < -0.3 is 19.6 Å². The number of aryl methyl sites for hydroxylation is 3. The first-order chi connectivity index (χ1) is 15.2. The van der Waals surface area contributed by atoms with Crippen molar-refractivity contribution in [1.29, 1.82) is 0 Å². The van der Waals surface area contributed by atoms with Gasteiger partial charge in [-0.3, -0.25) is 23.9 Å². The Morgan fingerprint density at radius 3 is 2.59 bits per heavy atom. The summed E-state index contributed by atoms with van der Waals surface area (Å²) in [6, 6.07) is 3.33. The topological polar surface area (TPSA) is 172 Å². The van der Waals surface area contributed by atoms with Gasteiger partial charge >= 0.3 is 5.69 Å². The van der Waals surface area contributed by atoms with Crippen molar-refractivity contribution < 1.29 is 24.3 Å². The lowest BCUT2D eigenvalue weighted by Gasteiger charge is -2.17. The predicted molar refractivity (Wildman–Crippen MR) is 111 cm³/mol. The van der Waals surface area contributed by atoms with Crippen molar-refractivity contribution in [3.8, 4) is 0 Å². The highest BCUT2D eigenvalue weighted by atomic mass is 16.5. The fourth-order valence-corrected chi connectivity index (χ4v) is 3.79. The molecule has 0 spiro atoms. The third-order valence-electron chi connectivity index (χ3n) is 5.26. The predicted octanol–water partition coefficient (Wildman–Crippen LogP) is -0.397. The van der Waals surface area contributed by atoms with Gasteiger partial charge in [0.2, 0.25) is 0 Å². The number of amides is 1. The first-order valence-corrected chi connectivity index (χ1v) is 9.74. The van der Waals surface area contributed by atoms with Crippen molar-refractivity contribution in [3.05, 3.63) is 55.7 Å². The van der Waals surface area contributed by atoms with Gasteiger partial charge in [-0.05, 0) is 19.9 Å². The van der Waals surface area contributed by atoms with E-state index in [2.05, 4.69) is 15.1 Å². The van der Waals surface area contributed by atoms with Crippen LogP contribution in [0.1, 0.15) is 27.5 Å². The van der Waals surface area contributed by atoms with E-state index in [4.69, 9.17) is 14.4 Å². The fraction of sp³-hybridized carbons (Fsp3) is 0.400. The number of hydrogen-bond acceptors (Lipinski definition) is 8. The van der Waals surface area contributed by atoms with Crippen molar-refractivity contribution in [2.24, 2.45) is 13.0 Å². The molecule has 170 valence electrons. The normalized spacial score (nSPS) is 17.8. The number of H-pyrrole nitrogens is 1. The Morgan fingerprint density at radius 1 is 1.28 bits per heavy atom. The van der Waals surface area contributed by atoms with Crippen LogP contribution in [0, 0.1) is 19.8 Å². The van der Waals surface area contributed by atoms with E-state index in [0.29, 0.717) is 24.4 Å². The second kappa shape index (κ2) is 9.14. The summed E-state index contributed by atoms with van der Waals surface area (Å²) in [7, 11) is 1.48. The van der Waals surface area contributed by atoms with Crippen molar-refractivity contribution in [3.63, 3.8) is 0 Å². The molecule has 4 rings (SSSR count). The summed E-state index contributed by atoms with van der Waals surface area (Å²) in [4.78, 5) is 53.9. The van der Waals surface area contributed by atoms with Gasteiger partial charge in [-0.25, -0.2) is 9.78 Å². The Balaban J connectivity index is 0.000000913. The summed E-state index contributed by atoms with van der Waals surface area (Å²) in [5, 5.41) is 21.2. The maximum atomic E-state index is 13.2. The van der Waals surface area contributed by atoms with E-state index in [0.717, 1.165) is 5.69 Å². The molecule has 12 nitrogen and oxygen atoms in total. The molecule has 0 unspecified atom stereocenters. The number of nitrogens with one attached hydrogen (secondary N) is 1. The molecule has 3 aromatic rings. The second-order valence-corrected chi connectivity index (χ2v) is 7.61. The summed E-state index contributed by atoms with van der Waals surface area (Å²) >= 11 is 0. The van der Waals surface area contributed by atoms with Crippen LogP contribution < -0.4 is 11.2 Å². The zero-order valence-corrected chi connectivity index (χ0v) is 17.7. The SMILES string of the molecule is Cc1cc(C[C@@H]2CN(C(=O)c3cc(C)nc4c3c(=O)[nH]c(=O)n4C)C[C@H]2O)on1.O=CO. The number of carbonyl (C=O) groups is 2. The molecule has 0 aromatic carbocycles. The van der Waals surface area contributed by atoms with E-state index < -0.39 is 17.4 Å². The van der Waals surface area contributed by atoms with Crippen LogP contribution in [-0.4, -0.2) is 66.4 Å². The van der Waals surface area contributed by atoms with Crippen molar-refractivity contribution >= 4 is 23.4 Å². The average molecular weight is 445 g/mol. The van der Waals surface area contributed by atoms with E-state index in [1.54, 1.807) is 13.0 Å². The average Bonchev–Trinajstić information content (AvgIpc) is 3.31. The van der Waals surface area contributed by atoms with Gasteiger partial charge in [0.05, 0.1) is 22.7 Å². The van der Waals surface area contributed by atoms with Crippen LogP contribution in [-0.2, 0) is 18.3 Å². The summed E-state index contributed by atoms with van der Waals surface area (Å²) in [5.74, 6) is 0.0561. The van der Waals surface area contributed by atoms with Crippen LogP contribution in [0.2, 0.25) is 0 Å². The lowest BCUT2D eigenvalue weighted by atomic mass is 10.0. The molecular weight excluding hydrogens is 422 g/mol. The van der Waals surface area contributed by atoms with E-state index >= 15 is 0 Å². The highest BCUT2D eigenvalue weighted by Crippen LogP contribution is 2.25. The highest BCUT2D eigenvalue weighted by molar-refractivity contribution is 6.05. The van der Waals surface area contributed by atoms with Crippen LogP contribution in [0.5, 0.6) is 0 Å². The zero-order chi connectivity index (χ0) is 23.6. The first kappa shape index (κ1) is 22.9. The Kier molecular flexibility index (Phi) is 6.53. The molecule has 0 radical (unpaired) electrons. The molecule has 0 saturated carbocycles. The first-order valence-electron chi connectivity index (χ1n) is 9.74. The summed E-state index contributed by atoms with van der Waals surface area (Å²) in [6.45, 7) is 3.71. The van der Waals surface area contributed by atoms with Crippen molar-refractivity contribution in [1.82, 2.24) is 24.6 Å². The van der Waals surface area contributed by atoms with Crippen LogP contribution in [0.15, 0.2) is 26.2 Å². The highest BCUT2D eigenvalue weighted by Gasteiger charge is 2.36. The molecule has 1 aliphatic heterocycles. The summed E-state index contributed by atoms with van der Waals surface area (Å²) in [5.41, 5.74) is 0.312. The largest absolute Gasteiger partial charge is 0.483 e. The number of carbonyl (C=O) groups excluding carboxylic acids is 1. The second-order valence-electron chi connectivity index (χ2n) is 7.61. The number of fused-ring (bicyclic) bond motifs is 1. The fourth-order valence-electron chi connectivity index (χ4n) is 3.79. The van der Waals surface area contributed by atoms with E-state index in [9.17, 15) is 19.5 Å². The molecule has 1 fully saturated rings. The molecule has 1 amide bonds. The van der Waals surface area contributed by atoms with Gasteiger partial charge in [-0.1, -0.05) is 5.16 Å². The van der Waals surface area contributed by atoms with E-state index in [1.807, 2.05) is 6.92 Å². The Hall–Kier alpha value is -3.80. The summed E-state index contributed by atoms with van der Waals surface area (Å²) in [6.07, 6.45) is -0.266. The molecule has 3 N–H and O–H groups in total. The minimum Gasteiger partial charge on any atom is -0.483 e. The minimum absolute atomic E-state index is 0.0616. The number of aromatic nitrogens is 4. The quantitative estimate of drug-likeness (QED) is 0.454. The molecule has 2 atom stereocenters. The van der Waals surface area contributed by atoms with E-state index in [-0.39, 0.29) is 41.4 Å². The van der Waals surface area contributed by atoms with Crippen LogP contribution in [0.4, 0.5) is 0 Å². The molecule has 32 heavy (non-hydrogen) atoms. The maximum Gasteiger partial charge on any atom is 0.329 e. The van der Waals surface area contributed by atoms with Crippen LogP contribution in [0.3, 0.4) is 0 Å². The number of β-amino-alcohol motifs (C(OH)–C–C–N with tert-alkyl or cyclic N) is 1. The minimum atomic E-state index is -0.721. The summed E-state index contributed by atoms with van der Waals surface area (Å²) < 4.78 is 6.42. The smallest absolute Gasteiger partial charge is 0.329 e. The number of pyridine rings is 1. The lowest BCUT2D eigenvalue weighted by molar-refractivity contribution is -0.122. The third-order valence-corrected chi connectivity index (χ3v) is 5.26.